The van der Waals surface area contributed by atoms with Crippen LogP contribution in [0.5, 0.6) is 0 Å². The van der Waals surface area contributed by atoms with Crippen molar-refractivity contribution in [1.82, 2.24) is 14.6 Å². The van der Waals surface area contributed by atoms with E-state index in [4.69, 9.17) is 0 Å². The molecule has 4 atom stereocenters. The van der Waals surface area contributed by atoms with E-state index in [1.165, 1.54) is 0 Å². The maximum Gasteiger partial charge on any atom is 0.223 e. The predicted octanol–water partition coefficient (Wildman–Crippen LogP) is 1.37. The zero-order chi connectivity index (χ0) is 19.3. The molecule has 4 aliphatic rings. The number of carbonyl (C=O) groups excluding carboxylic acids is 1. The summed E-state index contributed by atoms with van der Waals surface area (Å²) in [7, 11) is -3.25. The molecule has 4 fully saturated rings. The summed E-state index contributed by atoms with van der Waals surface area (Å²) in [4.78, 5) is 21.7. The van der Waals surface area contributed by atoms with E-state index in [-0.39, 0.29) is 29.2 Å². The number of pyridine rings is 1. The average molecular weight is 405 g/mol. The van der Waals surface area contributed by atoms with Gasteiger partial charge in [0, 0.05) is 38.3 Å². The largest absolute Gasteiger partial charge is 0.356 e. The van der Waals surface area contributed by atoms with Crippen molar-refractivity contribution in [2.45, 2.75) is 55.9 Å². The lowest BCUT2D eigenvalue weighted by Gasteiger charge is -2.56. The molecule has 0 unspecified atom stereocenters. The molecule has 0 aromatic carbocycles. The van der Waals surface area contributed by atoms with Crippen LogP contribution in [-0.4, -0.2) is 61.2 Å². The summed E-state index contributed by atoms with van der Waals surface area (Å²) in [5, 5.41) is -0.229. The Morgan fingerprint density at radius 3 is 2.71 bits per heavy atom. The number of hydrogen-bond donors (Lipinski definition) is 1. The van der Waals surface area contributed by atoms with Gasteiger partial charge in [-0.3, -0.25) is 4.79 Å². The molecule has 1 aromatic heterocycles. The second-order valence-corrected chi connectivity index (χ2v) is 10.8. The fraction of sp³-hybridized carbons (Fsp3) is 0.700. The summed E-state index contributed by atoms with van der Waals surface area (Å²) in [5.74, 6) is 1.88. The number of anilines is 1. The van der Waals surface area contributed by atoms with Crippen LogP contribution in [0.1, 0.15) is 38.5 Å². The molecule has 1 amide bonds. The minimum Gasteiger partial charge on any atom is -0.356 e. The molecule has 5 rings (SSSR count). The van der Waals surface area contributed by atoms with Gasteiger partial charge in [0.15, 0.2) is 0 Å². The zero-order valence-electron chi connectivity index (χ0n) is 16.0. The molecule has 3 aliphatic heterocycles. The van der Waals surface area contributed by atoms with Gasteiger partial charge < -0.3 is 9.80 Å². The first-order valence-corrected chi connectivity index (χ1v) is 12.0. The number of piperidine rings is 3. The van der Waals surface area contributed by atoms with E-state index < -0.39 is 10.0 Å². The molecule has 0 spiro atoms. The van der Waals surface area contributed by atoms with Crippen LogP contribution in [0.4, 0.5) is 5.82 Å². The van der Waals surface area contributed by atoms with Crippen LogP contribution in [0.25, 0.3) is 0 Å². The van der Waals surface area contributed by atoms with Crippen molar-refractivity contribution in [3.63, 3.8) is 0 Å². The van der Waals surface area contributed by atoms with Gasteiger partial charge in [-0.05, 0) is 56.1 Å². The van der Waals surface area contributed by atoms with Crippen LogP contribution in [0.3, 0.4) is 0 Å². The van der Waals surface area contributed by atoms with Crippen molar-refractivity contribution in [2.24, 2.45) is 11.8 Å². The first-order chi connectivity index (χ1) is 13.5. The van der Waals surface area contributed by atoms with Gasteiger partial charge in [0.1, 0.15) is 5.82 Å². The average Bonchev–Trinajstić information content (AvgIpc) is 3.55. The van der Waals surface area contributed by atoms with Crippen molar-refractivity contribution < 1.29 is 13.2 Å². The molecule has 1 aromatic rings. The van der Waals surface area contributed by atoms with Crippen molar-refractivity contribution in [2.75, 3.05) is 24.5 Å². The number of nitrogens with one attached hydrogen (secondary N) is 1. The Morgan fingerprint density at radius 1 is 1.14 bits per heavy atom. The quantitative estimate of drug-likeness (QED) is 0.802. The van der Waals surface area contributed by atoms with Crippen LogP contribution in [0.2, 0.25) is 0 Å². The Hall–Kier alpha value is -1.67. The summed E-state index contributed by atoms with van der Waals surface area (Å²) in [6, 6.07) is 6.12. The number of hydrogen-bond acceptors (Lipinski definition) is 5. The number of carbonyl (C=O) groups is 1. The van der Waals surface area contributed by atoms with Gasteiger partial charge in [0.25, 0.3) is 0 Å². The SMILES string of the molecule is O=C1CCC[C@H]2[C@@H]3C[C@@H](CN(c4ccccn4)C3)[C@H](CNS(=O)(=O)C3CC3)N12. The highest BCUT2D eigenvalue weighted by Gasteiger charge is 2.50. The van der Waals surface area contributed by atoms with Crippen LogP contribution in [0.15, 0.2) is 24.4 Å². The fourth-order valence-corrected chi connectivity index (χ4v) is 6.86. The lowest BCUT2D eigenvalue weighted by atomic mass is 9.72. The molecule has 28 heavy (non-hydrogen) atoms. The van der Waals surface area contributed by atoms with E-state index in [9.17, 15) is 13.2 Å². The van der Waals surface area contributed by atoms with Gasteiger partial charge >= 0.3 is 0 Å². The first-order valence-electron chi connectivity index (χ1n) is 10.5. The zero-order valence-corrected chi connectivity index (χ0v) is 16.9. The lowest BCUT2D eigenvalue weighted by Crippen LogP contribution is -2.67. The molecule has 1 saturated carbocycles. The third kappa shape index (κ3) is 3.30. The second-order valence-electron chi connectivity index (χ2n) is 8.77. The Kier molecular flexibility index (Phi) is 4.58. The molecule has 3 saturated heterocycles. The van der Waals surface area contributed by atoms with E-state index >= 15 is 0 Å². The van der Waals surface area contributed by atoms with Gasteiger partial charge in [-0.2, -0.15) is 0 Å². The maximum atomic E-state index is 12.8. The van der Waals surface area contributed by atoms with Crippen LogP contribution < -0.4 is 9.62 Å². The Morgan fingerprint density at radius 2 is 1.96 bits per heavy atom. The van der Waals surface area contributed by atoms with E-state index in [2.05, 4.69) is 19.5 Å². The third-order valence-electron chi connectivity index (χ3n) is 6.93. The van der Waals surface area contributed by atoms with E-state index in [1.54, 1.807) is 0 Å². The highest BCUT2D eigenvalue weighted by molar-refractivity contribution is 7.90. The number of sulfonamides is 1. The van der Waals surface area contributed by atoms with Gasteiger partial charge in [-0.1, -0.05) is 6.07 Å². The molecule has 7 nitrogen and oxygen atoms in total. The van der Waals surface area contributed by atoms with Crippen LogP contribution >= 0.6 is 0 Å². The monoisotopic (exact) mass is 404 g/mol. The number of aromatic nitrogens is 1. The molecule has 2 bridgehead atoms. The van der Waals surface area contributed by atoms with Crippen molar-refractivity contribution >= 4 is 21.7 Å². The molecule has 0 radical (unpaired) electrons. The number of fused-ring (bicyclic) bond motifs is 4. The molecule has 1 N–H and O–H groups in total. The van der Waals surface area contributed by atoms with Crippen molar-refractivity contribution in [1.29, 1.82) is 0 Å². The smallest absolute Gasteiger partial charge is 0.223 e. The summed E-state index contributed by atoms with van der Waals surface area (Å²) in [5.41, 5.74) is 0. The van der Waals surface area contributed by atoms with E-state index in [1.807, 2.05) is 24.4 Å². The summed E-state index contributed by atoms with van der Waals surface area (Å²) in [6.07, 6.45) is 6.93. The van der Waals surface area contributed by atoms with Gasteiger partial charge in [0.05, 0.1) is 11.3 Å². The first kappa shape index (κ1) is 18.4. The number of nitrogens with zero attached hydrogens (tertiary/aromatic N) is 3. The van der Waals surface area contributed by atoms with Gasteiger partial charge in [-0.15, -0.1) is 0 Å². The molecular weight excluding hydrogens is 376 g/mol. The van der Waals surface area contributed by atoms with E-state index in [0.717, 1.165) is 51.0 Å². The molecule has 1 aliphatic carbocycles. The molecular formula is C20H28N4O3S. The van der Waals surface area contributed by atoms with Crippen molar-refractivity contribution in [3.8, 4) is 0 Å². The normalized spacial score (nSPS) is 32.9. The highest BCUT2D eigenvalue weighted by atomic mass is 32.2. The molecule has 152 valence electrons. The number of rotatable bonds is 5. The third-order valence-corrected chi connectivity index (χ3v) is 8.84. The van der Waals surface area contributed by atoms with Crippen LogP contribution in [-0.2, 0) is 14.8 Å². The molecule has 8 heteroatoms. The second kappa shape index (κ2) is 6.99. The van der Waals surface area contributed by atoms with Crippen LogP contribution in [0, 0.1) is 11.8 Å². The fourth-order valence-electron chi connectivity index (χ4n) is 5.46. The Labute approximate surface area is 166 Å². The van der Waals surface area contributed by atoms with E-state index in [0.29, 0.717) is 18.9 Å². The van der Waals surface area contributed by atoms with Crippen molar-refractivity contribution in [3.05, 3.63) is 24.4 Å². The van der Waals surface area contributed by atoms with Gasteiger partial charge in [-0.25, -0.2) is 18.1 Å². The topological polar surface area (TPSA) is 82.6 Å². The minimum absolute atomic E-state index is 0.0610. The summed E-state index contributed by atoms with van der Waals surface area (Å²) < 4.78 is 27.6. The Balaban J connectivity index is 1.41. The predicted molar refractivity (Wildman–Crippen MR) is 106 cm³/mol. The van der Waals surface area contributed by atoms with Gasteiger partial charge in [0.2, 0.25) is 15.9 Å². The Bertz CT molecular complexity index is 842. The summed E-state index contributed by atoms with van der Waals surface area (Å²) in [6.45, 7) is 2.08. The summed E-state index contributed by atoms with van der Waals surface area (Å²) >= 11 is 0. The molecule has 4 heterocycles. The maximum absolute atomic E-state index is 12.8. The lowest BCUT2D eigenvalue weighted by molar-refractivity contribution is -0.148. The standard InChI is InChI=1S/C20H28N4O3S/c25-20-6-3-4-17-14-10-15(13-23(12-14)19-5-1-2-9-21-19)18(24(17)20)11-22-28(26,27)16-7-8-16/h1-2,5,9,14-18,22H,3-4,6-8,10-13H2/t14-,15+,17+,18+/m1/s1. The number of amides is 1. The highest BCUT2D eigenvalue weighted by Crippen LogP contribution is 2.42. The minimum atomic E-state index is -3.25.